The van der Waals surface area contributed by atoms with Gasteiger partial charge < -0.3 is 16.2 Å². The molecule has 0 spiro atoms. The minimum atomic E-state index is -1.05. The van der Waals surface area contributed by atoms with E-state index in [1.165, 1.54) is 12.1 Å². The van der Waals surface area contributed by atoms with Crippen LogP contribution in [0.1, 0.15) is 23.2 Å². The number of benzene rings is 1. The van der Waals surface area contributed by atoms with E-state index in [4.69, 9.17) is 10.8 Å². The van der Waals surface area contributed by atoms with E-state index in [2.05, 4.69) is 5.32 Å². The van der Waals surface area contributed by atoms with Crippen LogP contribution in [-0.4, -0.2) is 27.9 Å². The van der Waals surface area contributed by atoms with Crippen molar-refractivity contribution >= 4 is 23.3 Å². The highest BCUT2D eigenvalue weighted by molar-refractivity contribution is 5.94. The van der Waals surface area contributed by atoms with Crippen LogP contribution in [0, 0.1) is 16.0 Å². The zero-order valence-corrected chi connectivity index (χ0v) is 10.4. The fourth-order valence-corrected chi connectivity index (χ4v) is 1.94. The summed E-state index contributed by atoms with van der Waals surface area (Å²) in [6.07, 6.45) is 1.55. The van der Waals surface area contributed by atoms with Crippen molar-refractivity contribution in [3.63, 3.8) is 0 Å². The van der Waals surface area contributed by atoms with Crippen molar-refractivity contribution in [2.45, 2.75) is 18.9 Å². The minimum Gasteiger partial charge on any atom is -0.480 e. The number of amides is 1. The van der Waals surface area contributed by atoms with Gasteiger partial charge in [-0.3, -0.25) is 14.9 Å². The molecule has 1 atom stereocenters. The van der Waals surface area contributed by atoms with Gasteiger partial charge in [0.2, 0.25) is 5.91 Å². The highest BCUT2D eigenvalue weighted by atomic mass is 16.6. The second kappa shape index (κ2) is 5.16. The smallest absolute Gasteiger partial charge is 0.326 e. The van der Waals surface area contributed by atoms with Gasteiger partial charge in [0.15, 0.2) is 0 Å². The Labute approximate surface area is 113 Å². The summed E-state index contributed by atoms with van der Waals surface area (Å²) in [6.45, 7) is 0. The predicted octanol–water partition coefficient (Wildman–Crippen LogP) is 0.969. The molecule has 20 heavy (non-hydrogen) atoms. The van der Waals surface area contributed by atoms with Crippen LogP contribution in [0.5, 0.6) is 0 Å². The first-order valence-electron chi connectivity index (χ1n) is 5.97. The van der Waals surface area contributed by atoms with Gasteiger partial charge in [0.05, 0.1) is 4.92 Å². The Balaban J connectivity index is 2.32. The molecule has 106 valence electrons. The molecule has 2 rings (SSSR count). The summed E-state index contributed by atoms with van der Waals surface area (Å²) in [5.74, 6) is -1.86. The first kappa shape index (κ1) is 13.8. The lowest BCUT2D eigenvalue weighted by Crippen LogP contribution is -2.31. The van der Waals surface area contributed by atoms with Crippen LogP contribution in [0.25, 0.3) is 0 Å². The molecule has 0 heterocycles. The molecular formula is C12H13N3O5. The van der Waals surface area contributed by atoms with E-state index in [-0.39, 0.29) is 22.9 Å². The number of hydrogen-bond acceptors (Lipinski definition) is 5. The normalized spacial score (nSPS) is 15.4. The molecule has 4 N–H and O–H groups in total. The Bertz CT molecular complexity index is 582. The third-order valence-corrected chi connectivity index (χ3v) is 3.15. The molecule has 0 aromatic heterocycles. The molecule has 8 heteroatoms. The maximum Gasteiger partial charge on any atom is 0.326 e. The molecule has 1 fully saturated rings. The maximum atomic E-state index is 11.1. The summed E-state index contributed by atoms with van der Waals surface area (Å²) in [5.41, 5.74) is 4.77. The number of nitro groups is 1. The van der Waals surface area contributed by atoms with Crippen molar-refractivity contribution in [2.75, 3.05) is 5.32 Å². The van der Waals surface area contributed by atoms with Gasteiger partial charge in [-0.1, -0.05) is 0 Å². The van der Waals surface area contributed by atoms with Gasteiger partial charge in [-0.2, -0.15) is 0 Å². The predicted molar refractivity (Wildman–Crippen MR) is 69.4 cm³/mol. The summed E-state index contributed by atoms with van der Waals surface area (Å²) in [5, 5.41) is 22.8. The molecule has 8 nitrogen and oxygen atoms in total. The zero-order chi connectivity index (χ0) is 14.9. The van der Waals surface area contributed by atoms with Crippen molar-refractivity contribution in [3.8, 4) is 0 Å². The molecular weight excluding hydrogens is 266 g/mol. The van der Waals surface area contributed by atoms with Gasteiger partial charge >= 0.3 is 5.97 Å². The summed E-state index contributed by atoms with van der Waals surface area (Å²) in [4.78, 5) is 32.5. The van der Waals surface area contributed by atoms with Gasteiger partial charge in [0.1, 0.15) is 11.7 Å². The largest absolute Gasteiger partial charge is 0.480 e. The van der Waals surface area contributed by atoms with E-state index in [9.17, 15) is 19.7 Å². The van der Waals surface area contributed by atoms with E-state index < -0.39 is 22.8 Å². The molecule has 0 radical (unpaired) electrons. The lowest BCUT2D eigenvalue weighted by atomic mass is 10.1. The quantitative estimate of drug-likeness (QED) is 0.524. The first-order valence-corrected chi connectivity index (χ1v) is 5.97. The summed E-state index contributed by atoms with van der Waals surface area (Å²) in [6, 6.07) is 2.80. The molecule has 1 unspecified atom stereocenters. The number of nitrogens with zero attached hydrogens (tertiary/aromatic N) is 1. The van der Waals surface area contributed by atoms with Crippen LogP contribution in [0.4, 0.5) is 11.4 Å². The van der Waals surface area contributed by atoms with Gasteiger partial charge in [0.25, 0.3) is 5.69 Å². The molecule has 1 aliphatic carbocycles. The van der Waals surface area contributed by atoms with Crippen LogP contribution < -0.4 is 11.1 Å². The lowest BCUT2D eigenvalue weighted by molar-refractivity contribution is -0.384. The molecule has 0 aliphatic heterocycles. The van der Waals surface area contributed by atoms with Crippen LogP contribution in [-0.2, 0) is 4.79 Å². The van der Waals surface area contributed by atoms with E-state index in [0.29, 0.717) is 0 Å². The topological polar surface area (TPSA) is 136 Å². The number of nitro benzene ring substituents is 1. The third kappa shape index (κ3) is 2.85. The number of nitrogens with one attached hydrogen (secondary N) is 1. The number of hydrogen-bond donors (Lipinski definition) is 3. The Kier molecular flexibility index (Phi) is 3.55. The average molecular weight is 279 g/mol. The molecule has 0 bridgehead atoms. The monoisotopic (exact) mass is 279 g/mol. The first-order chi connectivity index (χ1) is 9.40. The van der Waals surface area contributed by atoms with Crippen LogP contribution in [0.2, 0.25) is 0 Å². The third-order valence-electron chi connectivity index (χ3n) is 3.15. The fourth-order valence-electron chi connectivity index (χ4n) is 1.94. The number of carboxylic acid groups (broad SMARTS) is 1. The highest BCUT2D eigenvalue weighted by Gasteiger charge is 2.37. The van der Waals surface area contributed by atoms with Gasteiger partial charge in [-0.05, 0) is 30.9 Å². The molecule has 1 amide bonds. The van der Waals surface area contributed by atoms with E-state index in [0.717, 1.165) is 18.9 Å². The Morgan fingerprint density at radius 1 is 1.45 bits per heavy atom. The van der Waals surface area contributed by atoms with Crippen molar-refractivity contribution in [2.24, 2.45) is 11.7 Å². The fraction of sp³-hybridized carbons (Fsp3) is 0.333. The number of anilines is 1. The second-order valence-corrected chi connectivity index (χ2v) is 4.65. The summed E-state index contributed by atoms with van der Waals surface area (Å²) in [7, 11) is 0. The van der Waals surface area contributed by atoms with Crippen molar-refractivity contribution in [1.29, 1.82) is 0 Å². The average Bonchev–Trinajstić information content (AvgIpc) is 3.19. The summed E-state index contributed by atoms with van der Waals surface area (Å²) < 4.78 is 0. The molecule has 1 aliphatic rings. The van der Waals surface area contributed by atoms with E-state index in [1.807, 2.05) is 0 Å². The SMILES string of the molecule is NC(=O)c1ccc(NC(C(=O)O)C2CC2)c([N+](=O)[O-])c1. The second-order valence-electron chi connectivity index (χ2n) is 4.65. The van der Waals surface area contributed by atoms with Crippen molar-refractivity contribution < 1.29 is 19.6 Å². The molecule has 0 saturated heterocycles. The van der Waals surface area contributed by atoms with E-state index in [1.54, 1.807) is 0 Å². The maximum absolute atomic E-state index is 11.1. The number of carbonyl (C=O) groups is 2. The number of nitrogens with two attached hydrogens (primary N) is 1. The van der Waals surface area contributed by atoms with Gasteiger partial charge in [-0.15, -0.1) is 0 Å². The lowest BCUT2D eigenvalue weighted by Gasteiger charge is -2.15. The van der Waals surface area contributed by atoms with Crippen molar-refractivity contribution in [3.05, 3.63) is 33.9 Å². The van der Waals surface area contributed by atoms with Crippen LogP contribution >= 0.6 is 0 Å². The minimum absolute atomic E-state index is 0.000506. The number of primary amides is 1. The number of aliphatic carboxylic acids is 1. The molecule has 1 aromatic carbocycles. The number of rotatable bonds is 6. The van der Waals surface area contributed by atoms with Gasteiger partial charge in [-0.25, -0.2) is 4.79 Å². The highest BCUT2D eigenvalue weighted by Crippen LogP contribution is 2.36. The Morgan fingerprint density at radius 3 is 2.55 bits per heavy atom. The number of carboxylic acids is 1. The van der Waals surface area contributed by atoms with Crippen LogP contribution in [0.3, 0.4) is 0 Å². The molecule has 1 aromatic rings. The Hall–Kier alpha value is -2.64. The van der Waals surface area contributed by atoms with E-state index >= 15 is 0 Å². The molecule has 1 saturated carbocycles. The standard InChI is InChI=1S/C12H13N3O5/c13-11(16)7-3-4-8(9(5-7)15(19)20)14-10(12(17)18)6-1-2-6/h3-6,10,14H,1-2H2,(H2,13,16)(H,17,18). The number of carbonyl (C=O) groups excluding carboxylic acids is 1. The zero-order valence-electron chi connectivity index (χ0n) is 10.4. The van der Waals surface area contributed by atoms with Gasteiger partial charge in [0, 0.05) is 11.6 Å². The summed E-state index contributed by atoms with van der Waals surface area (Å²) >= 11 is 0. The van der Waals surface area contributed by atoms with Crippen molar-refractivity contribution in [1.82, 2.24) is 0 Å². The van der Waals surface area contributed by atoms with Crippen LogP contribution in [0.15, 0.2) is 18.2 Å². The Morgan fingerprint density at radius 2 is 2.10 bits per heavy atom.